The summed E-state index contributed by atoms with van der Waals surface area (Å²) in [4.78, 5) is 57.3. The number of esters is 4. The van der Waals surface area contributed by atoms with Gasteiger partial charge in [0.15, 0.2) is 0 Å². The van der Waals surface area contributed by atoms with Crippen molar-refractivity contribution in [2.45, 2.75) is 129 Å². The van der Waals surface area contributed by atoms with E-state index in [4.69, 9.17) is 23.9 Å². The van der Waals surface area contributed by atoms with E-state index >= 15 is 0 Å². The van der Waals surface area contributed by atoms with Gasteiger partial charge in [0.2, 0.25) is 0 Å². The van der Waals surface area contributed by atoms with Gasteiger partial charge in [-0.2, -0.15) is 0 Å². The van der Waals surface area contributed by atoms with Crippen molar-refractivity contribution in [2.24, 2.45) is 11.8 Å². The Morgan fingerprint density at radius 1 is 0.516 bits per heavy atom. The Morgan fingerprint density at radius 2 is 0.935 bits per heavy atom. The molecule has 1 heterocycles. The van der Waals surface area contributed by atoms with Gasteiger partial charge < -0.3 is 18.9 Å². The standard InChI is InChI=1S/C53H59NO8/c1-3-8-36-12-16-38(17-13-36)20-32-50(55)59-43-26-22-41(23-27-43)52(57)61-48-30-31-49(46-35-54-47(34-45(46)48)40-10-6-5-7-11-40)62-53(58)42-24-28-44(29-25-42)60-51(56)33-21-39-18-14-37(9-4-2)15-19-39/h5-7,10-19,30-31,34-35,41-44H,3-4,8-9,20-29,32-33H2,1-2H3/t41-,42-,43-,44-. The largest absolute Gasteiger partial charge is 0.462 e. The quantitative estimate of drug-likeness (QED) is 0.0666. The third-order valence-electron chi connectivity index (χ3n) is 12.3. The second-order valence-electron chi connectivity index (χ2n) is 16.9. The zero-order valence-corrected chi connectivity index (χ0v) is 36.2. The van der Waals surface area contributed by atoms with Gasteiger partial charge in [0, 0.05) is 35.4 Å². The summed E-state index contributed by atoms with van der Waals surface area (Å²) >= 11 is 0. The molecule has 62 heavy (non-hydrogen) atoms. The zero-order valence-electron chi connectivity index (χ0n) is 36.2. The summed E-state index contributed by atoms with van der Waals surface area (Å²) < 4.78 is 23.8. The third-order valence-corrected chi connectivity index (χ3v) is 12.3. The fraction of sp³-hybridized carbons (Fsp3) is 0.415. The molecule has 0 N–H and O–H groups in total. The van der Waals surface area contributed by atoms with Crippen LogP contribution < -0.4 is 9.47 Å². The van der Waals surface area contributed by atoms with Crippen LogP contribution in [-0.2, 0) is 54.3 Å². The molecule has 1 aromatic heterocycles. The molecule has 0 aliphatic heterocycles. The maximum Gasteiger partial charge on any atom is 0.314 e. The maximum absolute atomic E-state index is 13.7. The highest BCUT2D eigenvalue weighted by Crippen LogP contribution is 2.38. The molecule has 4 aromatic carbocycles. The Morgan fingerprint density at radius 3 is 1.37 bits per heavy atom. The first-order chi connectivity index (χ1) is 30.2. The van der Waals surface area contributed by atoms with Crippen LogP contribution in [-0.4, -0.2) is 41.1 Å². The molecule has 0 unspecified atom stereocenters. The van der Waals surface area contributed by atoms with Gasteiger partial charge in [0.25, 0.3) is 0 Å². The van der Waals surface area contributed by atoms with Crippen LogP contribution in [0.4, 0.5) is 0 Å². The van der Waals surface area contributed by atoms with Gasteiger partial charge in [-0.25, -0.2) is 0 Å². The van der Waals surface area contributed by atoms with Gasteiger partial charge in [-0.15, -0.1) is 0 Å². The van der Waals surface area contributed by atoms with Crippen molar-refractivity contribution >= 4 is 34.6 Å². The Hall–Kier alpha value is -5.83. The van der Waals surface area contributed by atoms with E-state index in [2.05, 4.69) is 62.4 Å². The minimum Gasteiger partial charge on any atom is -0.462 e. The average Bonchev–Trinajstić information content (AvgIpc) is 3.30. The molecule has 7 rings (SSSR count). The lowest BCUT2D eigenvalue weighted by molar-refractivity contribution is -0.153. The number of rotatable bonds is 17. The van der Waals surface area contributed by atoms with Crippen LogP contribution in [0.3, 0.4) is 0 Å². The van der Waals surface area contributed by atoms with E-state index < -0.39 is 0 Å². The number of ether oxygens (including phenoxy) is 4. The average molecular weight is 838 g/mol. The number of pyridine rings is 1. The minimum absolute atomic E-state index is 0.215. The van der Waals surface area contributed by atoms with E-state index in [1.54, 1.807) is 18.3 Å². The molecule has 2 aliphatic rings. The summed E-state index contributed by atoms with van der Waals surface area (Å²) in [6.07, 6.45) is 12.0. The van der Waals surface area contributed by atoms with Gasteiger partial charge in [-0.3, -0.25) is 24.2 Å². The molecule has 0 amide bonds. The second kappa shape index (κ2) is 21.8. The fourth-order valence-electron chi connectivity index (χ4n) is 8.65. The van der Waals surface area contributed by atoms with Gasteiger partial charge in [-0.1, -0.05) is 106 Å². The van der Waals surface area contributed by atoms with Gasteiger partial charge >= 0.3 is 23.9 Å². The number of nitrogens with zero attached hydrogens (tertiary/aromatic N) is 1. The number of fused-ring (bicyclic) bond motifs is 1. The van der Waals surface area contributed by atoms with E-state index in [9.17, 15) is 19.2 Å². The third kappa shape index (κ3) is 12.2. The minimum atomic E-state index is -0.349. The molecular weight excluding hydrogens is 779 g/mol. The first-order valence-electron chi connectivity index (χ1n) is 22.7. The van der Waals surface area contributed by atoms with E-state index in [0.717, 1.165) is 42.4 Å². The molecule has 324 valence electrons. The van der Waals surface area contributed by atoms with Crippen LogP contribution in [0.25, 0.3) is 22.0 Å². The summed E-state index contributed by atoms with van der Waals surface area (Å²) in [6.45, 7) is 4.32. The molecule has 0 spiro atoms. The monoisotopic (exact) mass is 837 g/mol. The van der Waals surface area contributed by atoms with Gasteiger partial charge in [0.1, 0.15) is 23.7 Å². The van der Waals surface area contributed by atoms with Crippen LogP contribution >= 0.6 is 0 Å². The second-order valence-corrected chi connectivity index (χ2v) is 16.9. The lowest BCUT2D eigenvalue weighted by atomic mass is 9.87. The molecule has 0 radical (unpaired) electrons. The SMILES string of the molecule is CCCc1ccc(CCC(=O)O[C@H]2CC[C@H](C(=O)Oc3ccc(OC(=O)[C@H]4CC[C@H](OC(=O)CCc5ccc(CCC)cc5)CC4)c4cc(-c5ccccc5)ncc34)CC2)cc1. The maximum atomic E-state index is 13.7. The molecule has 9 nitrogen and oxygen atoms in total. The highest BCUT2D eigenvalue weighted by molar-refractivity contribution is 5.97. The molecular formula is C53H59NO8. The van der Waals surface area contributed by atoms with Crippen molar-refractivity contribution in [3.8, 4) is 22.8 Å². The Balaban J connectivity index is 0.924. The van der Waals surface area contributed by atoms with E-state index in [1.165, 1.54) is 11.1 Å². The van der Waals surface area contributed by atoms with Gasteiger partial charge in [0.05, 0.1) is 17.5 Å². The summed E-state index contributed by atoms with van der Waals surface area (Å²) in [5.74, 6) is -1.11. The number of hydrogen-bond donors (Lipinski definition) is 0. The number of benzene rings is 4. The summed E-state index contributed by atoms with van der Waals surface area (Å²) in [7, 11) is 0. The van der Waals surface area contributed by atoms with E-state index in [1.807, 2.05) is 36.4 Å². The van der Waals surface area contributed by atoms with E-state index in [-0.39, 0.29) is 47.9 Å². The van der Waals surface area contributed by atoms with Crippen molar-refractivity contribution in [3.05, 3.63) is 126 Å². The highest BCUT2D eigenvalue weighted by atomic mass is 16.6. The fourth-order valence-corrected chi connectivity index (χ4v) is 8.65. The van der Waals surface area contributed by atoms with Crippen LogP contribution in [0.5, 0.6) is 11.5 Å². The van der Waals surface area contributed by atoms with Crippen LogP contribution in [0.2, 0.25) is 0 Å². The van der Waals surface area contributed by atoms with Crippen molar-refractivity contribution in [2.75, 3.05) is 0 Å². The Labute approximate surface area is 365 Å². The molecule has 5 aromatic rings. The van der Waals surface area contributed by atoms with Crippen molar-refractivity contribution in [1.82, 2.24) is 4.98 Å². The van der Waals surface area contributed by atoms with E-state index in [0.29, 0.717) is 105 Å². The van der Waals surface area contributed by atoms with Crippen LogP contribution in [0, 0.1) is 11.8 Å². The predicted octanol–water partition coefficient (Wildman–Crippen LogP) is 11.1. The molecule has 2 aliphatic carbocycles. The Bertz CT molecular complexity index is 2270. The molecule has 2 fully saturated rings. The summed E-state index contributed by atoms with van der Waals surface area (Å²) in [6, 6.07) is 31.8. The summed E-state index contributed by atoms with van der Waals surface area (Å²) in [5.41, 5.74) is 6.42. The lowest BCUT2D eigenvalue weighted by Crippen LogP contribution is -2.30. The molecule has 9 heteroatoms. The molecule has 2 saturated carbocycles. The van der Waals surface area contributed by atoms with Gasteiger partial charge in [-0.05, 0) is 118 Å². The lowest BCUT2D eigenvalue weighted by Gasteiger charge is -2.27. The van der Waals surface area contributed by atoms with Crippen LogP contribution in [0.15, 0.2) is 103 Å². The number of aromatic nitrogens is 1. The smallest absolute Gasteiger partial charge is 0.314 e. The van der Waals surface area contributed by atoms with Crippen molar-refractivity contribution in [1.29, 1.82) is 0 Å². The number of hydrogen-bond acceptors (Lipinski definition) is 9. The van der Waals surface area contributed by atoms with Crippen molar-refractivity contribution < 1.29 is 38.1 Å². The van der Waals surface area contributed by atoms with Crippen molar-refractivity contribution in [3.63, 3.8) is 0 Å². The first-order valence-corrected chi connectivity index (χ1v) is 22.7. The van der Waals surface area contributed by atoms with Crippen LogP contribution in [0.1, 0.15) is 113 Å². The zero-order chi connectivity index (χ0) is 43.3. The number of carbonyl (C=O) groups is 4. The summed E-state index contributed by atoms with van der Waals surface area (Å²) in [5, 5.41) is 1.16. The molecule has 0 bridgehead atoms. The first kappa shape index (κ1) is 44.2. The Kier molecular flexibility index (Phi) is 15.6. The normalized spacial score (nSPS) is 18.7. The number of carbonyl (C=O) groups excluding carboxylic acids is 4. The topological polar surface area (TPSA) is 118 Å². The highest BCUT2D eigenvalue weighted by Gasteiger charge is 2.32. The number of aryl methyl sites for hydroxylation is 4. The molecule has 0 saturated heterocycles. The predicted molar refractivity (Wildman–Crippen MR) is 240 cm³/mol. The molecule has 0 atom stereocenters.